The number of hydrogen-bond donors (Lipinski definition) is 2. The lowest BCUT2D eigenvalue weighted by molar-refractivity contribution is 0.0715. The zero-order valence-electron chi connectivity index (χ0n) is 22.8. The number of nitrogens with two attached hydrogens (primary N) is 1. The minimum absolute atomic E-state index is 0. The van der Waals surface area contributed by atoms with Crippen LogP contribution in [0.25, 0.3) is 11.0 Å². The number of rotatable bonds is 12. The number of benzene rings is 2. The van der Waals surface area contributed by atoms with E-state index >= 15 is 0 Å². The molecule has 0 spiro atoms. The third kappa shape index (κ3) is 6.99. The van der Waals surface area contributed by atoms with Crippen molar-refractivity contribution in [3.63, 3.8) is 0 Å². The molecule has 0 atom stereocenters. The van der Waals surface area contributed by atoms with Crippen LogP contribution >= 0.6 is 12.4 Å². The highest BCUT2D eigenvalue weighted by Gasteiger charge is 2.21. The molecule has 3 rings (SSSR count). The summed E-state index contributed by atoms with van der Waals surface area (Å²) in [5.41, 5.74) is 8.88. The normalized spacial score (nSPS) is 11.0. The number of nitrogens with zero attached hydrogens (tertiary/aromatic N) is 3. The fraction of sp³-hybridized carbons (Fsp3) is 0.481. The van der Waals surface area contributed by atoms with E-state index in [2.05, 4.69) is 33.0 Å². The van der Waals surface area contributed by atoms with Gasteiger partial charge in [0.25, 0.3) is 5.91 Å². The van der Waals surface area contributed by atoms with Crippen molar-refractivity contribution in [2.75, 3.05) is 46.3 Å². The van der Waals surface area contributed by atoms with Gasteiger partial charge >= 0.3 is 0 Å². The number of carbonyl (C=O) groups is 1. The summed E-state index contributed by atoms with van der Waals surface area (Å²) in [6.45, 7) is 10.9. The third-order valence-corrected chi connectivity index (χ3v) is 5.73. The van der Waals surface area contributed by atoms with Gasteiger partial charge in [-0.05, 0) is 30.0 Å². The van der Waals surface area contributed by atoms with E-state index in [1.807, 2.05) is 39.8 Å². The molecule has 0 aliphatic rings. The molecule has 37 heavy (non-hydrogen) atoms. The van der Waals surface area contributed by atoms with Crippen LogP contribution in [0.3, 0.4) is 0 Å². The quantitative estimate of drug-likeness (QED) is 0.340. The summed E-state index contributed by atoms with van der Waals surface area (Å²) in [4.78, 5) is 20.1. The van der Waals surface area contributed by atoms with Crippen LogP contribution in [-0.4, -0.2) is 61.3 Å². The van der Waals surface area contributed by atoms with Crippen LogP contribution in [0.15, 0.2) is 30.3 Å². The molecule has 0 unspecified atom stereocenters. The van der Waals surface area contributed by atoms with E-state index in [4.69, 9.17) is 24.9 Å². The maximum atomic E-state index is 13.4. The fourth-order valence-electron chi connectivity index (χ4n) is 4.30. The van der Waals surface area contributed by atoms with Crippen molar-refractivity contribution in [3.8, 4) is 17.2 Å². The molecule has 2 aromatic carbocycles. The highest BCUT2D eigenvalue weighted by atomic mass is 35.5. The van der Waals surface area contributed by atoms with Gasteiger partial charge in [0.1, 0.15) is 0 Å². The van der Waals surface area contributed by atoms with Crippen molar-refractivity contribution in [2.24, 2.45) is 17.6 Å². The van der Waals surface area contributed by atoms with Crippen LogP contribution in [0.2, 0.25) is 0 Å². The predicted octanol–water partition coefficient (Wildman–Crippen LogP) is 4.94. The second-order valence-electron chi connectivity index (χ2n) is 9.62. The van der Waals surface area contributed by atoms with Gasteiger partial charge in [-0.2, -0.15) is 0 Å². The SMILES string of the molecule is COc1cc(Nc2nc3cc(C(=O)N(CC(C)C)CC(C)C)ccc3n2CCN)cc(OC)c1OC.Cl. The molecule has 0 radical (unpaired) electrons. The van der Waals surface area contributed by atoms with Crippen molar-refractivity contribution in [1.29, 1.82) is 0 Å². The Kier molecular flexibility index (Phi) is 10.9. The minimum atomic E-state index is 0. The van der Waals surface area contributed by atoms with Crippen LogP contribution in [0.5, 0.6) is 17.2 Å². The number of ether oxygens (including phenoxy) is 3. The standard InChI is InChI=1S/C27H39N5O4.ClH/c1-17(2)15-31(16-18(3)4)26(33)19-8-9-22-21(12-19)30-27(32(22)11-10-28)29-20-13-23(34-5)25(36-7)24(14-20)35-6;/h8-9,12-14,17-18H,10-11,15-16,28H2,1-7H3,(H,29,30);1H. The Hall–Kier alpha value is -3.17. The number of hydrogen-bond acceptors (Lipinski definition) is 7. The molecule has 0 aliphatic heterocycles. The molecule has 3 N–H and O–H groups in total. The van der Waals surface area contributed by atoms with Crippen molar-refractivity contribution in [2.45, 2.75) is 34.2 Å². The first-order valence-corrected chi connectivity index (χ1v) is 12.3. The average molecular weight is 534 g/mol. The third-order valence-electron chi connectivity index (χ3n) is 5.73. The summed E-state index contributed by atoms with van der Waals surface area (Å²) in [6.07, 6.45) is 0. The number of amides is 1. The summed E-state index contributed by atoms with van der Waals surface area (Å²) in [7, 11) is 4.72. The van der Waals surface area contributed by atoms with Gasteiger partial charge < -0.3 is 34.7 Å². The highest BCUT2D eigenvalue weighted by Crippen LogP contribution is 2.40. The summed E-state index contributed by atoms with van der Waals surface area (Å²) >= 11 is 0. The molecule has 204 valence electrons. The Balaban J connectivity index is 0.00000481. The average Bonchev–Trinajstić information content (AvgIpc) is 3.18. The lowest BCUT2D eigenvalue weighted by Gasteiger charge is -2.26. The Morgan fingerprint density at radius 2 is 1.59 bits per heavy atom. The lowest BCUT2D eigenvalue weighted by atomic mass is 10.1. The van der Waals surface area contributed by atoms with Crippen LogP contribution in [0.1, 0.15) is 38.1 Å². The van der Waals surface area contributed by atoms with Gasteiger partial charge in [-0.1, -0.05) is 27.7 Å². The van der Waals surface area contributed by atoms with E-state index < -0.39 is 0 Å². The number of fused-ring (bicyclic) bond motifs is 1. The summed E-state index contributed by atoms with van der Waals surface area (Å²) in [5, 5.41) is 3.36. The first-order valence-electron chi connectivity index (χ1n) is 12.3. The molecule has 0 saturated heterocycles. The van der Waals surface area contributed by atoms with E-state index in [1.165, 1.54) is 0 Å². The molecule has 1 heterocycles. The molecular weight excluding hydrogens is 494 g/mol. The maximum absolute atomic E-state index is 13.4. The van der Waals surface area contributed by atoms with Gasteiger partial charge in [-0.15, -0.1) is 12.4 Å². The monoisotopic (exact) mass is 533 g/mol. The van der Waals surface area contributed by atoms with Crippen molar-refractivity contribution in [1.82, 2.24) is 14.5 Å². The zero-order chi connectivity index (χ0) is 26.4. The number of carbonyl (C=O) groups excluding carboxylic acids is 1. The van der Waals surface area contributed by atoms with E-state index in [0.29, 0.717) is 66.8 Å². The first kappa shape index (κ1) is 30.1. The Bertz CT molecular complexity index is 1160. The molecule has 1 amide bonds. The fourth-order valence-corrected chi connectivity index (χ4v) is 4.30. The second kappa shape index (κ2) is 13.4. The van der Waals surface area contributed by atoms with E-state index in [9.17, 15) is 4.79 Å². The Labute approximate surface area is 225 Å². The molecule has 3 aromatic rings. The van der Waals surface area contributed by atoms with E-state index in [0.717, 1.165) is 16.7 Å². The summed E-state index contributed by atoms with van der Waals surface area (Å²) < 4.78 is 18.4. The first-order chi connectivity index (χ1) is 17.2. The van der Waals surface area contributed by atoms with Crippen LogP contribution in [0.4, 0.5) is 11.6 Å². The maximum Gasteiger partial charge on any atom is 0.253 e. The summed E-state index contributed by atoms with van der Waals surface area (Å²) in [5.74, 6) is 2.97. The molecule has 0 saturated carbocycles. The van der Waals surface area contributed by atoms with Crippen LogP contribution in [-0.2, 0) is 6.54 Å². The van der Waals surface area contributed by atoms with E-state index in [-0.39, 0.29) is 18.3 Å². The second-order valence-corrected chi connectivity index (χ2v) is 9.62. The molecule has 10 heteroatoms. The van der Waals surface area contributed by atoms with E-state index in [1.54, 1.807) is 21.3 Å². The van der Waals surface area contributed by atoms with Gasteiger partial charge in [0.2, 0.25) is 11.7 Å². The van der Waals surface area contributed by atoms with Crippen LogP contribution in [0, 0.1) is 11.8 Å². The zero-order valence-corrected chi connectivity index (χ0v) is 23.6. The Morgan fingerprint density at radius 1 is 1.00 bits per heavy atom. The molecule has 9 nitrogen and oxygen atoms in total. The largest absolute Gasteiger partial charge is 0.493 e. The Morgan fingerprint density at radius 3 is 2.08 bits per heavy atom. The highest BCUT2D eigenvalue weighted by molar-refractivity contribution is 5.98. The molecule has 0 aliphatic carbocycles. The predicted molar refractivity (Wildman–Crippen MR) is 151 cm³/mol. The van der Waals surface area contributed by atoms with Crippen molar-refractivity contribution < 1.29 is 19.0 Å². The van der Waals surface area contributed by atoms with Gasteiger partial charge in [0.05, 0.1) is 32.4 Å². The number of nitrogens with one attached hydrogen (secondary N) is 1. The van der Waals surface area contributed by atoms with Crippen LogP contribution < -0.4 is 25.3 Å². The topological polar surface area (TPSA) is 104 Å². The number of anilines is 2. The number of aromatic nitrogens is 2. The smallest absolute Gasteiger partial charge is 0.253 e. The molecule has 0 bridgehead atoms. The van der Waals surface area contributed by atoms with Crippen molar-refractivity contribution in [3.05, 3.63) is 35.9 Å². The molecular formula is C27H40ClN5O4. The molecule has 0 fully saturated rings. The number of methoxy groups -OCH3 is 3. The van der Waals surface area contributed by atoms with Gasteiger partial charge in [-0.3, -0.25) is 4.79 Å². The van der Waals surface area contributed by atoms with Gasteiger partial charge in [0.15, 0.2) is 11.5 Å². The minimum Gasteiger partial charge on any atom is -0.493 e. The van der Waals surface area contributed by atoms with Crippen molar-refractivity contribution >= 4 is 41.0 Å². The number of halogens is 1. The van der Waals surface area contributed by atoms with Gasteiger partial charge in [0, 0.05) is 49.6 Å². The van der Waals surface area contributed by atoms with Gasteiger partial charge in [-0.25, -0.2) is 4.98 Å². The number of imidazole rings is 1. The molecule has 1 aromatic heterocycles. The lowest BCUT2D eigenvalue weighted by Crippen LogP contribution is -2.37. The summed E-state index contributed by atoms with van der Waals surface area (Å²) in [6, 6.07) is 9.31.